The Labute approximate surface area is 88.2 Å². The maximum absolute atomic E-state index is 10.6. The quantitative estimate of drug-likeness (QED) is 0.548. The second-order valence-electron chi connectivity index (χ2n) is 3.55. The van der Waals surface area contributed by atoms with Crippen LogP contribution in [0, 0.1) is 4.91 Å². The molecule has 1 aromatic carbocycles. The monoisotopic (exact) mass is 207 g/mol. The zero-order valence-electron chi connectivity index (χ0n) is 8.55. The number of hydrogen-bond acceptors (Lipinski definition) is 4. The first-order valence-electron chi connectivity index (χ1n) is 4.90. The van der Waals surface area contributed by atoms with E-state index in [1.165, 1.54) is 7.11 Å². The molecule has 2 rings (SSSR count). The molecule has 2 unspecified atom stereocenters. The smallest absolute Gasteiger partial charge is 0.215 e. The molecule has 4 heteroatoms. The molecule has 0 amide bonds. The highest BCUT2D eigenvalue weighted by Crippen LogP contribution is 2.25. The molecule has 0 N–H and O–H groups in total. The van der Waals surface area contributed by atoms with E-state index in [2.05, 4.69) is 5.18 Å². The minimum absolute atomic E-state index is 0.301. The first-order chi connectivity index (χ1) is 7.35. The molecule has 15 heavy (non-hydrogen) atoms. The van der Waals surface area contributed by atoms with Gasteiger partial charge in [-0.05, 0) is 10.7 Å². The van der Waals surface area contributed by atoms with Crippen LogP contribution in [-0.4, -0.2) is 19.8 Å². The molecule has 1 saturated heterocycles. The Bertz CT molecular complexity index is 349. The van der Waals surface area contributed by atoms with Crippen molar-refractivity contribution in [2.75, 3.05) is 13.7 Å². The van der Waals surface area contributed by atoms with E-state index < -0.39 is 6.23 Å². The Morgan fingerprint density at radius 3 is 2.93 bits per heavy atom. The maximum Gasteiger partial charge on any atom is 0.215 e. The number of rotatable bonds is 5. The van der Waals surface area contributed by atoms with Crippen LogP contribution in [0.15, 0.2) is 29.4 Å². The number of benzene rings is 1. The van der Waals surface area contributed by atoms with E-state index in [1.54, 1.807) is 0 Å². The fraction of sp³-hybridized carbons (Fsp3) is 0.455. The van der Waals surface area contributed by atoms with Crippen molar-refractivity contribution in [3.8, 4) is 0 Å². The van der Waals surface area contributed by atoms with Gasteiger partial charge in [0.15, 0.2) is 0 Å². The number of epoxide rings is 1. The summed E-state index contributed by atoms with van der Waals surface area (Å²) >= 11 is 0. The Balaban J connectivity index is 2.22. The average molecular weight is 207 g/mol. The van der Waals surface area contributed by atoms with Crippen molar-refractivity contribution in [3.05, 3.63) is 40.3 Å². The predicted molar refractivity (Wildman–Crippen MR) is 55.4 cm³/mol. The third kappa shape index (κ3) is 2.40. The predicted octanol–water partition coefficient (Wildman–Crippen LogP) is 2.04. The van der Waals surface area contributed by atoms with E-state index in [0.29, 0.717) is 6.10 Å². The van der Waals surface area contributed by atoms with Crippen molar-refractivity contribution in [2.45, 2.75) is 18.8 Å². The van der Waals surface area contributed by atoms with Crippen molar-refractivity contribution in [1.82, 2.24) is 0 Å². The molecule has 1 fully saturated rings. The lowest BCUT2D eigenvalue weighted by Crippen LogP contribution is -2.04. The molecule has 0 aromatic heterocycles. The van der Waals surface area contributed by atoms with E-state index >= 15 is 0 Å². The second-order valence-corrected chi connectivity index (χ2v) is 3.55. The van der Waals surface area contributed by atoms with Crippen LogP contribution in [-0.2, 0) is 15.9 Å². The van der Waals surface area contributed by atoms with Gasteiger partial charge in [-0.2, -0.15) is 0 Å². The van der Waals surface area contributed by atoms with Crippen molar-refractivity contribution >= 4 is 0 Å². The van der Waals surface area contributed by atoms with Crippen molar-refractivity contribution < 1.29 is 9.47 Å². The van der Waals surface area contributed by atoms with Crippen LogP contribution in [0.1, 0.15) is 17.4 Å². The van der Waals surface area contributed by atoms with Crippen molar-refractivity contribution in [1.29, 1.82) is 0 Å². The molecule has 0 spiro atoms. The summed E-state index contributed by atoms with van der Waals surface area (Å²) in [6.07, 6.45) is 0.418. The number of methoxy groups -OCH3 is 1. The largest absolute Gasteiger partial charge is 0.373 e. The summed E-state index contributed by atoms with van der Waals surface area (Å²) in [6, 6.07) is 7.67. The Morgan fingerprint density at radius 1 is 1.60 bits per heavy atom. The van der Waals surface area contributed by atoms with Gasteiger partial charge in [-0.3, -0.25) is 0 Å². The van der Waals surface area contributed by atoms with Gasteiger partial charge in [0.05, 0.1) is 12.7 Å². The minimum atomic E-state index is -0.708. The normalized spacial score (nSPS) is 21.0. The number of nitrogens with zero attached hydrogens (tertiary/aromatic N) is 1. The molecular weight excluding hydrogens is 194 g/mol. The number of nitroso groups, excluding NO2 is 1. The van der Waals surface area contributed by atoms with Crippen molar-refractivity contribution in [2.24, 2.45) is 5.18 Å². The molecular formula is C11H13NO3. The molecule has 1 aliphatic rings. The molecule has 4 nitrogen and oxygen atoms in total. The first-order valence-corrected chi connectivity index (χ1v) is 4.90. The Hall–Kier alpha value is -1.26. The molecule has 0 aliphatic carbocycles. The highest BCUT2D eigenvalue weighted by molar-refractivity contribution is 5.30. The molecule has 1 aliphatic heterocycles. The average Bonchev–Trinajstić information content (AvgIpc) is 3.06. The van der Waals surface area contributed by atoms with Crippen LogP contribution in [0.25, 0.3) is 0 Å². The molecule has 2 atom stereocenters. The van der Waals surface area contributed by atoms with Crippen LogP contribution in [0.3, 0.4) is 0 Å². The highest BCUT2D eigenvalue weighted by Gasteiger charge is 2.25. The van der Waals surface area contributed by atoms with Gasteiger partial charge in [0.2, 0.25) is 6.23 Å². The fourth-order valence-electron chi connectivity index (χ4n) is 1.62. The van der Waals surface area contributed by atoms with Gasteiger partial charge in [0.25, 0.3) is 0 Å². The first kappa shape index (κ1) is 10.3. The van der Waals surface area contributed by atoms with Crippen LogP contribution in [0.5, 0.6) is 0 Å². The van der Waals surface area contributed by atoms with E-state index in [4.69, 9.17) is 9.47 Å². The van der Waals surface area contributed by atoms with E-state index in [1.807, 2.05) is 24.3 Å². The van der Waals surface area contributed by atoms with Crippen LogP contribution in [0.4, 0.5) is 0 Å². The van der Waals surface area contributed by atoms with E-state index in [0.717, 1.165) is 24.2 Å². The SMILES string of the molecule is COC(N=O)c1ccccc1CC1CO1. The summed E-state index contributed by atoms with van der Waals surface area (Å²) in [6.45, 7) is 0.806. The molecule has 1 heterocycles. The molecule has 0 saturated carbocycles. The number of ether oxygens (including phenoxy) is 2. The topological polar surface area (TPSA) is 51.2 Å². The van der Waals surface area contributed by atoms with Gasteiger partial charge < -0.3 is 9.47 Å². The van der Waals surface area contributed by atoms with Gasteiger partial charge in [0, 0.05) is 19.1 Å². The summed E-state index contributed by atoms with van der Waals surface area (Å²) in [4.78, 5) is 10.6. The van der Waals surface area contributed by atoms with E-state index in [-0.39, 0.29) is 0 Å². The Morgan fingerprint density at radius 2 is 2.33 bits per heavy atom. The second kappa shape index (κ2) is 4.51. The summed E-state index contributed by atoms with van der Waals surface area (Å²) < 4.78 is 10.2. The van der Waals surface area contributed by atoms with Crippen LogP contribution in [0.2, 0.25) is 0 Å². The molecule has 0 bridgehead atoms. The van der Waals surface area contributed by atoms with Crippen molar-refractivity contribution in [3.63, 3.8) is 0 Å². The summed E-state index contributed by atoms with van der Waals surface area (Å²) in [5.74, 6) is 0. The fourth-order valence-corrected chi connectivity index (χ4v) is 1.62. The summed E-state index contributed by atoms with van der Waals surface area (Å²) in [7, 11) is 1.48. The highest BCUT2D eigenvalue weighted by atomic mass is 16.6. The van der Waals surface area contributed by atoms with Crippen LogP contribution < -0.4 is 0 Å². The van der Waals surface area contributed by atoms with Gasteiger partial charge in [0.1, 0.15) is 0 Å². The van der Waals surface area contributed by atoms with Gasteiger partial charge in [-0.25, -0.2) is 0 Å². The lowest BCUT2D eigenvalue weighted by Gasteiger charge is -2.11. The zero-order valence-corrected chi connectivity index (χ0v) is 8.55. The standard InChI is InChI=1S/C11H13NO3/c1-14-11(12-13)10-5-3-2-4-8(10)6-9-7-15-9/h2-5,9,11H,6-7H2,1H3. The third-order valence-electron chi connectivity index (χ3n) is 2.49. The molecule has 80 valence electrons. The third-order valence-corrected chi connectivity index (χ3v) is 2.49. The minimum Gasteiger partial charge on any atom is -0.373 e. The van der Waals surface area contributed by atoms with Crippen LogP contribution >= 0.6 is 0 Å². The summed E-state index contributed by atoms with van der Waals surface area (Å²) in [5.41, 5.74) is 1.91. The maximum atomic E-state index is 10.6. The summed E-state index contributed by atoms with van der Waals surface area (Å²) in [5, 5.41) is 2.95. The van der Waals surface area contributed by atoms with Gasteiger partial charge >= 0.3 is 0 Å². The molecule has 1 aromatic rings. The lowest BCUT2D eigenvalue weighted by molar-refractivity contribution is 0.109. The molecule has 0 radical (unpaired) electrons. The number of hydrogen-bond donors (Lipinski definition) is 0. The lowest BCUT2D eigenvalue weighted by atomic mass is 10.0. The van der Waals surface area contributed by atoms with Gasteiger partial charge in [-0.1, -0.05) is 24.3 Å². The van der Waals surface area contributed by atoms with Gasteiger partial charge in [-0.15, -0.1) is 4.91 Å². The Kier molecular flexibility index (Phi) is 3.08. The van der Waals surface area contributed by atoms with E-state index in [9.17, 15) is 4.91 Å². The zero-order chi connectivity index (χ0) is 10.7.